The van der Waals surface area contributed by atoms with Gasteiger partial charge in [0, 0.05) is 35.3 Å². The Hall–Kier alpha value is -2.56. The molecular weight excluding hydrogens is 240 g/mol. The van der Waals surface area contributed by atoms with Crippen molar-refractivity contribution in [3.8, 4) is 22.6 Å². The summed E-state index contributed by atoms with van der Waals surface area (Å²) in [6.07, 6.45) is 5.46. The van der Waals surface area contributed by atoms with E-state index in [1.54, 1.807) is 24.2 Å². The van der Waals surface area contributed by atoms with E-state index in [-0.39, 0.29) is 0 Å². The lowest BCUT2D eigenvalue weighted by Gasteiger charge is -2.10. The molecule has 0 amide bonds. The molecule has 19 heavy (non-hydrogen) atoms. The number of aromatic amines is 1. The average molecular weight is 254 g/mol. The van der Waals surface area contributed by atoms with Gasteiger partial charge in [0.05, 0.1) is 19.0 Å². The highest BCUT2D eigenvalue weighted by Crippen LogP contribution is 2.32. The standard InChI is InChI=1S/C14H14N4O/c1-10-13(9-15-17-10)12-5-4-11(8-14(12)19-2)18-7-3-6-16-18/h3-9H,1-2H3,(H,15,17). The maximum atomic E-state index is 5.48. The number of aryl methyl sites for hydroxylation is 1. The third-order valence-corrected chi connectivity index (χ3v) is 3.07. The summed E-state index contributed by atoms with van der Waals surface area (Å²) in [4.78, 5) is 0. The summed E-state index contributed by atoms with van der Waals surface area (Å²) in [6.45, 7) is 1.99. The van der Waals surface area contributed by atoms with Crippen molar-refractivity contribution in [3.63, 3.8) is 0 Å². The molecule has 0 saturated carbocycles. The van der Waals surface area contributed by atoms with Crippen molar-refractivity contribution < 1.29 is 4.74 Å². The van der Waals surface area contributed by atoms with Gasteiger partial charge >= 0.3 is 0 Å². The van der Waals surface area contributed by atoms with E-state index in [0.29, 0.717) is 0 Å². The fourth-order valence-corrected chi connectivity index (χ4v) is 2.09. The summed E-state index contributed by atoms with van der Waals surface area (Å²) >= 11 is 0. The molecule has 0 bridgehead atoms. The van der Waals surface area contributed by atoms with Crippen LogP contribution >= 0.6 is 0 Å². The molecule has 3 rings (SSSR count). The van der Waals surface area contributed by atoms with Gasteiger partial charge in [-0.1, -0.05) is 0 Å². The van der Waals surface area contributed by atoms with Gasteiger partial charge in [-0.3, -0.25) is 5.10 Å². The summed E-state index contributed by atoms with van der Waals surface area (Å²) in [5.74, 6) is 0.803. The highest BCUT2D eigenvalue weighted by atomic mass is 16.5. The second-order valence-corrected chi connectivity index (χ2v) is 4.24. The molecule has 5 nitrogen and oxygen atoms in total. The van der Waals surface area contributed by atoms with E-state index < -0.39 is 0 Å². The van der Waals surface area contributed by atoms with E-state index in [0.717, 1.165) is 28.3 Å². The lowest BCUT2D eigenvalue weighted by molar-refractivity contribution is 0.416. The van der Waals surface area contributed by atoms with Gasteiger partial charge in [0.25, 0.3) is 0 Å². The zero-order valence-corrected chi connectivity index (χ0v) is 10.8. The number of rotatable bonds is 3. The maximum Gasteiger partial charge on any atom is 0.128 e. The second kappa shape index (κ2) is 4.61. The number of benzene rings is 1. The van der Waals surface area contributed by atoms with Gasteiger partial charge in [-0.05, 0) is 25.1 Å². The monoisotopic (exact) mass is 254 g/mol. The van der Waals surface area contributed by atoms with Crippen LogP contribution in [0, 0.1) is 6.92 Å². The van der Waals surface area contributed by atoms with Crippen molar-refractivity contribution in [2.75, 3.05) is 7.11 Å². The first-order valence-electron chi connectivity index (χ1n) is 5.98. The Balaban J connectivity index is 2.11. The van der Waals surface area contributed by atoms with Crippen molar-refractivity contribution in [2.24, 2.45) is 0 Å². The van der Waals surface area contributed by atoms with E-state index in [1.807, 2.05) is 37.4 Å². The van der Waals surface area contributed by atoms with Gasteiger partial charge in [-0.15, -0.1) is 0 Å². The molecule has 96 valence electrons. The number of hydrogen-bond acceptors (Lipinski definition) is 3. The SMILES string of the molecule is COc1cc(-n2cccn2)ccc1-c1cn[nH]c1C. The summed E-state index contributed by atoms with van der Waals surface area (Å²) in [6, 6.07) is 7.89. The normalized spacial score (nSPS) is 10.6. The molecule has 0 saturated heterocycles. The van der Waals surface area contributed by atoms with E-state index in [4.69, 9.17) is 4.74 Å². The lowest BCUT2D eigenvalue weighted by Crippen LogP contribution is -1.96. The Labute approximate surface area is 110 Å². The fourth-order valence-electron chi connectivity index (χ4n) is 2.09. The van der Waals surface area contributed by atoms with Gasteiger partial charge in [0.1, 0.15) is 5.75 Å². The van der Waals surface area contributed by atoms with Gasteiger partial charge < -0.3 is 4.74 Å². The van der Waals surface area contributed by atoms with Crippen molar-refractivity contribution in [3.05, 3.63) is 48.5 Å². The number of H-pyrrole nitrogens is 1. The van der Waals surface area contributed by atoms with Crippen molar-refractivity contribution in [1.82, 2.24) is 20.0 Å². The third kappa shape index (κ3) is 1.99. The average Bonchev–Trinajstić information content (AvgIpc) is 3.09. The zero-order chi connectivity index (χ0) is 13.2. The highest BCUT2D eigenvalue weighted by Gasteiger charge is 2.11. The molecule has 3 aromatic rings. The number of nitrogens with zero attached hydrogens (tertiary/aromatic N) is 3. The third-order valence-electron chi connectivity index (χ3n) is 3.07. The number of hydrogen-bond donors (Lipinski definition) is 1. The van der Waals surface area contributed by atoms with E-state index >= 15 is 0 Å². The summed E-state index contributed by atoms with van der Waals surface area (Å²) < 4.78 is 7.28. The first-order valence-corrected chi connectivity index (χ1v) is 5.98. The molecule has 2 heterocycles. The van der Waals surface area contributed by atoms with E-state index in [1.165, 1.54) is 0 Å². The van der Waals surface area contributed by atoms with Gasteiger partial charge in [0.2, 0.25) is 0 Å². The minimum absolute atomic E-state index is 0.803. The second-order valence-electron chi connectivity index (χ2n) is 4.24. The largest absolute Gasteiger partial charge is 0.496 e. The minimum atomic E-state index is 0.803. The Morgan fingerprint density at radius 1 is 1.26 bits per heavy atom. The lowest BCUT2D eigenvalue weighted by atomic mass is 10.1. The van der Waals surface area contributed by atoms with Crippen LogP contribution in [-0.2, 0) is 0 Å². The molecule has 2 aromatic heterocycles. The molecule has 0 atom stereocenters. The van der Waals surface area contributed by atoms with Crippen LogP contribution in [0.5, 0.6) is 5.75 Å². The predicted molar refractivity (Wildman–Crippen MR) is 72.4 cm³/mol. The Bertz CT molecular complexity index is 685. The molecule has 0 aliphatic rings. The van der Waals surface area contributed by atoms with Crippen LogP contribution in [0.2, 0.25) is 0 Å². The fraction of sp³-hybridized carbons (Fsp3) is 0.143. The predicted octanol–water partition coefficient (Wildman–Crippen LogP) is 2.58. The molecule has 0 aliphatic heterocycles. The van der Waals surface area contributed by atoms with Crippen molar-refractivity contribution >= 4 is 0 Å². The first kappa shape index (κ1) is 11.5. The number of ether oxygens (including phenoxy) is 1. The number of methoxy groups -OCH3 is 1. The van der Waals surface area contributed by atoms with Crippen LogP contribution in [0.25, 0.3) is 16.8 Å². The Kier molecular flexibility index (Phi) is 2.79. The zero-order valence-electron chi connectivity index (χ0n) is 10.8. The van der Waals surface area contributed by atoms with Gasteiger partial charge in [-0.2, -0.15) is 10.2 Å². The summed E-state index contributed by atoms with van der Waals surface area (Å²) in [5.41, 5.74) is 4.05. The quantitative estimate of drug-likeness (QED) is 0.781. The Morgan fingerprint density at radius 2 is 2.16 bits per heavy atom. The molecule has 0 fully saturated rings. The van der Waals surface area contributed by atoms with Crippen LogP contribution in [0.4, 0.5) is 0 Å². The molecule has 0 unspecified atom stereocenters. The molecule has 5 heteroatoms. The van der Waals surface area contributed by atoms with Crippen LogP contribution in [0.1, 0.15) is 5.69 Å². The molecule has 1 aromatic carbocycles. The van der Waals surface area contributed by atoms with Crippen LogP contribution in [-0.4, -0.2) is 27.1 Å². The van der Waals surface area contributed by atoms with Crippen LogP contribution < -0.4 is 4.74 Å². The van der Waals surface area contributed by atoms with E-state index in [2.05, 4.69) is 15.3 Å². The molecular formula is C14H14N4O. The smallest absolute Gasteiger partial charge is 0.128 e. The molecule has 0 spiro atoms. The number of aromatic nitrogens is 4. The molecule has 1 N–H and O–H groups in total. The van der Waals surface area contributed by atoms with Crippen molar-refractivity contribution in [2.45, 2.75) is 6.92 Å². The van der Waals surface area contributed by atoms with Gasteiger partial charge in [0.15, 0.2) is 0 Å². The van der Waals surface area contributed by atoms with Crippen LogP contribution in [0.15, 0.2) is 42.9 Å². The topological polar surface area (TPSA) is 55.7 Å². The maximum absolute atomic E-state index is 5.48. The first-order chi connectivity index (χ1) is 9.29. The Morgan fingerprint density at radius 3 is 2.79 bits per heavy atom. The van der Waals surface area contributed by atoms with Crippen LogP contribution in [0.3, 0.4) is 0 Å². The van der Waals surface area contributed by atoms with Crippen molar-refractivity contribution in [1.29, 1.82) is 0 Å². The summed E-state index contributed by atoms with van der Waals surface area (Å²) in [5, 5.41) is 11.2. The van der Waals surface area contributed by atoms with E-state index in [9.17, 15) is 0 Å². The number of nitrogens with one attached hydrogen (secondary N) is 1. The molecule has 0 radical (unpaired) electrons. The molecule has 0 aliphatic carbocycles. The van der Waals surface area contributed by atoms with Gasteiger partial charge in [-0.25, -0.2) is 4.68 Å². The highest BCUT2D eigenvalue weighted by molar-refractivity contribution is 5.73. The summed E-state index contributed by atoms with van der Waals surface area (Å²) in [7, 11) is 1.67. The minimum Gasteiger partial charge on any atom is -0.496 e.